The van der Waals surface area contributed by atoms with Gasteiger partial charge in [0.2, 0.25) is 0 Å². The highest BCUT2D eigenvalue weighted by Gasteiger charge is 2.12. The quantitative estimate of drug-likeness (QED) is 0.248. The van der Waals surface area contributed by atoms with Crippen LogP contribution in [-0.2, 0) is 11.2 Å². The fraction of sp³-hybridized carbons (Fsp3) is 0.214. The minimum absolute atomic E-state index is 0.259. The van der Waals surface area contributed by atoms with Crippen molar-refractivity contribution >= 4 is 44.6 Å². The van der Waals surface area contributed by atoms with E-state index in [0.717, 1.165) is 10.9 Å². The van der Waals surface area contributed by atoms with E-state index in [4.69, 9.17) is 9.47 Å². The average Bonchev–Trinajstić information content (AvgIpc) is 2.89. The van der Waals surface area contributed by atoms with Gasteiger partial charge in [0.05, 0.1) is 23.7 Å². The summed E-state index contributed by atoms with van der Waals surface area (Å²) >= 11 is 3.41. The van der Waals surface area contributed by atoms with Crippen LogP contribution < -0.4 is 20.3 Å². The zero-order chi connectivity index (χ0) is 27.1. The van der Waals surface area contributed by atoms with Crippen LogP contribution in [0, 0.1) is 5.82 Å². The summed E-state index contributed by atoms with van der Waals surface area (Å²) in [6.07, 6.45) is 2.94. The van der Waals surface area contributed by atoms with Crippen molar-refractivity contribution in [2.24, 2.45) is 5.10 Å². The van der Waals surface area contributed by atoms with Crippen LogP contribution in [0.25, 0.3) is 10.9 Å². The first-order chi connectivity index (χ1) is 18.4. The third-order valence-corrected chi connectivity index (χ3v) is 5.90. The summed E-state index contributed by atoms with van der Waals surface area (Å²) in [6, 6.07) is 16.1. The third-order valence-electron chi connectivity index (χ3n) is 5.41. The molecule has 0 unspecified atom stereocenters. The normalized spacial score (nSPS) is 11.2. The molecule has 1 aromatic heterocycles. The molecule has 0 saturated heterocycles. The molecule has 0 spiro atoms. The fourth-order valence-electron chi connectivity index (χ4n) is 3.72. The number of ether oxygens (including phenoxy) is 2. The second kappa shape index (κ2) is 12.5. The van der Waals surface area contributed by atoms with Gasteiger partial charge in [-0.15, -0.1) is 0 Å². The Hall–Kier alpha value is -4.05. The van der Waals surface area contributed by atoms with Gasteiger partial charge in [0.15, 0.2) is 18.1 Å². The van der Waals surface area contributed by atoms with E-state index in [1.165, 1.54) is 22.9 Å². The number of benzene rings is 3. The molecule has 3 aromatic carbocycles. The van der Waals surface area contributed by atoms with Crippen LogP contribution in [0.4, 0.5) is 10.1 Å². The molecule has 1 N–H and O–H groups in total. The van der Waals surface area contributed by atoms with Crippen molar-refractivity contribution in [1.82, 2.24) is 9.66 Å². The number of hydrogen-bond acceptors (Lipinski definition) is 6. The van der Waals surface area contributed by atoms with Crippen LogP contribution in [0.15, 0.2) is 75.0 Å². The number of carbonyl (C=O) groups is 1. The first-order valence-corrected chi connectivity index (χ1v) is 12.9. The fourth-order valence-corrected chi connectivity index (χ4v) is 4.08. The van der Waals surface area contributed by atoms with Crippen LogP contribution in [0.1, 0.15) is 31.7 Å². The first kappa shape index (κ1) is 27.0. The second-order valence-electron chi connectivity index (χ2n) is 8.29. The Bertz CT molecular complexity index is 1550. The van der Waals surface area contributed by atoms with Crippen molar-refractivity contribution < 1.29 is 18.7 Å². The van der Waals surface area contributed by atoms with E-state index in [-0.39, 0.29) is 12.2 Å². The maximum atomic E-state index is 13.3. The zero-order valence-corrected chi connectivity index (χ0v) is 22.5. The number of hydrogen-bond donors (Lipinski definition) is 1. The molecule has 0 aliphatic carbocycles. The van der Waals surface area contributed by atoms with Gasteiger partial charge in [-0.05, 0) is 73.5 Å². The number of aromatic nitrogens is 2. The average molecular weight is 581 g/mol. The van der Waals surface area contributed by atoms with Gasteiger partial charge in [0.25, 0.3) is 11.5 Å². The summed E-state index contributed by atoms with van der Waals surface area (Å²) in [5.41, 5.74) is 1.36. The summed E-state index contributed by atoms with van der Waals surface area (Å²) in [6.45, 7) is 3.92. The van der Waals surface area contributed by atoms with Crippen molar-refractivity contribution in [3.05, 3.63) is 92.7 Å². The van der Waals surface area contributed by atoms with Crippen LogP contribution in [0.5, 0.6) is 11.5 Å². The van der Waals surface area contributed by atoms with Gasteiger partial charge >= 0.3 is 0 Å². The number of fused-ring (bicyclic) bond motifs is 1. The highest BCUT2D eigenvalue weighted by atomic mass is 79.9. The lowest BCUT2D eigenvalue weighted by atomic mass is 10.2. The van der Waals surface area contributed by atoms with Crippen molar-refractivity contribution in [3.8, 4) is 11.5 Å². The molecule has 0 fully saturated rings. The predicted molar refractivity (Wildman–Crippen MR) is 149 cm³/mol. The molecule has 1 heterocycles. The molecule has 4 aromatic rings. The molecule has 0 aliphatic heterocycles. The minimum Gasteiger partial charge on any atom is -0.490 e. The molecule has 1 amide bonds. The highest BCUT2D eigenvalue weighted by Crippen LogP contribution is 2.28. The van der Waals surface area contributed by atoms with Crippen molar-refractivity contribution in [1.29, 1.82) is 0 Å². The Labute approximate surface area is 227 Å². The van der Waals surface area contributed by atoms with Crippen molar-refractivity contribution in [3.63, 3.8) is 0 Å². The number of anilines is 1. The van der Waals surface area contributed by atoms with Gasteiger partial charge in [-0.25, -0.2) is 9.37 Å². The molecule has 0 radical (unpaired) electrons. The Morgan fingerprint density at radius 1 is 1.11 bits per heavy atom. The molecule has 0 aliphatic rings. The number of carbonyl (C=O) groups excluding carboxylic acids is 1. The van der Waals surface area contributed by atoms with Crippen LogP contribution >= 0.6 is 15.9 Å². The molecule has 196 valence electrons. The lowest BCUT2D eigenvalue weighted by Gasteiger charge is -2.13. The standard InChI is InChI=1S/C28H26BrFN4O4/c1-3-6-26-33-23-11-10-19(29)14-22(23)28(36)34(26)31-16-18-9-12-24(25(13-18)37-4-2)38-17-27(35)32-21-8-5-7-20(30)15-21/h5,7-16H,3-4,6,17H2,1-2H3,(H,32,35). The molecule has 8 nitrogen and oxygen atoms in total. The molecular formula is C28H26BrFN4O4. The molecule has 4 rings (SSSR count). The first-order valence-electron chi connectivity index (χ1n) is 12.1. The van der Waals surface area contributed by atoms with Gasteiger partial charge in [0.1, 0.15) is 11.6 Å². The van der Waals surface area contributed by atoms with Gasteiger partial charge in [-0.3, -0.25) is 9.59 Å². The van der Waals surface area contributed by atoms with Crippen molar-refractivity contribution in [2.75, 3.05) is 18.5 Å². The topological polar surface area (TPSA) is 94.8 Å². The number of amides is 1. The summed E-state index contributed by atoms with van der Waals surface area (Å²) in [5.74, 6) is 0.451. The van der Waals surface area contributed by atoms with Gasteiger partial charge in [-0.1, -0.05) is 28.9 Å². The number of halogens is 2. The van der Waals surface area contributed by atoms with E-state index < -0.39 is 11.7 Å². The van der Waals surface area contributed by atoms with E-state index in [2.05, 4.69) is 31.3 Å². The number of nitrogens with zero attached hydrogens (tertiary/aromatic N) is 3. The lowest BCUT2D eigenvalue weighted by Crippen LogP contribution is -2.22. The summed E-state index contributed by atoms with van der Waals surface area (Å²) < 4.78 is 26.8. The number of rotatable bonds is 10. The van der Waals surface area contributed by atoms with Gasteiger partial charge < -0.3 is 14.8 Å². The lowest BCUT2D eigenvalue weighted by molar-refractivity contribution is -0.118. The van der Waals surface area contributed by atoms with Crippen LogP contribution in [0.2, 0.25) is 0 Å². The molecular weight excluding hydrogens is 555 g/mol. The monoisotopic (exact) mass is 580 g/mol. The highest BCUT2D eigenvalue weighted by molar-refractivity contribution is 9.10. The molecule has 0 atom stereocenters. The molecule has 0 bridgehead atoms. The maximum absolute atomic E-state index is 13.3. The number of aryl methyl sites for hydroxylation is 1. The van der Waals surface area contributed by atoms with Gasteiger partial charge in [0, 0.05) is 16.6 Å². The summed E-state index contributed by atoms with van der Waals surface area (Å²) in [4.78, 5) is 30.1. The number of nitrogens with one attached hydrogen (secondary N) is 1. The van der Waals surface area contributed by atoms with E-state index >= 15 is 0 Å². The maximum Gasteiger partial charge on any atom is 0.282 e. The van der Waals surface area contributed by atoms with E-state index in [0.29, 0.717) is 52.5 Å². The van der Waals surface area contributed by atoms with Crippen molar-refractivity contribution in [2.45, 2.75) is 26.7 Å². The minimum atomic E-state index is -0.448. The van der Waals surface area contributed by atoms with Gasteiger partial charge in [-0.2, -0.15) is 9.78 Å². The zero-order valence-electron chi connectivity index (χ0n) is 20.9. The summed E-state index contributed by atoms with van der Waals surface area (Å²) in [5, 5.41) is 7.49. The largest absolute Gasteiger partial charge is 0.490 e. The summed E-state index contributed by atoms with van der Waals surface area (Å²) in [7, 11) is 0. The second-order valence-corrected chi connectivity index (χ2v) is 9.20. The van der Waals surface area contributed by atoms with Crippen LogP contribution in [0.3, 0.4) is 0 Å². The van der Waals surface area contributed by atoms with E-state index in [9.17, 15) is 14.0 Å². The molecule has 38 heavy (non-hydrogen) atoms. The van der Waals surface area contributed by atoms with Crippen LogP contribution in [-0.4, -0.2) is 35.0 Å². The Kier molecular flexibility index (Phi) is 8.85. The predicted octanol–water partition coefficient (Wildman–Crippen LogP) is 5.55. The molecule has 10 heteroatoms. The Morgan fingerprint density at radius 3 is 2.71 bits per heavy atom. The van der Waals surface area contributed by atoms with E-state index in [1.807, 2.05) is 19.9 Å². The Balaban J connectivity index is 1.55. The third kappa shape index (κ3) is 6.63. The Morgan fingerprint density at radius 2 is 1.95 bits per heavy atom. The van der Waals surface area contributed by atoms with E-state index in [1.54, 1.807) is 42.6 Å². The SMILES string of the molecule is CCCc1nc2ccc(Br)cc2c(=O)n1N=Cc1ccc(OCC(=O)Nc2cccc(F)c2)c(OCC)c1. The molecule has 0 saturated carbocycles. The smallest absolute Gasteiger partial charge is 0.282 e.